The first-order chi connectivity index (χ1) is 7.20. The summed E-state index contributed by atoms with van der Waals surface area (Å²) in [5.74, 6) is 0.434. The fraction of sp³-hybridized carbons (Fsp3) is 0.500. The van der Waals surface area contributed by atoms with E-state index in [-0.39, 0.29) is 0 Å². The van der Waals surface area contributed by atoms with Crippen LogP contribution >= 0.6 is 15.9 Å². The zero-order valence-corrected chi connectivity index (χ0v) is 10.5. The molecule has 0 aromatic heterocycles. The molecule has 0 saturated carbocycles. The quantitative estimate of drug-likeness (QED) is 0.820. The molecule has 0 bridgehead atoms. The molecule has 1 saturated heterocycles. The second-order valence-corrected chi connectivity index (χ2v) is 4.98. The van der Waals surface area contributed by atoms with Crippen LogP contribution in [0.25, 0.3) is 0 Å². The molecule has 1 atom stereocenters. The van der Waals surface area contributed by atoms with Crippen LogP contribution in [0.5, 0.6) is 5.75 Å². The summed E-state index contributed by atoms with van der Waals surface area (Å²) in [6.07, 6.45) is 3.58. The molecule has 1 aromatic carbocycles. The minimum Gasteiger partial charge on any atom is -0.507 e. The Bertz CT molecular complexity index is 359. The lowest BCUT2D eigenvalue weighted by Crippen LogP contribution is -2.27. The van der Waals surface area contributed by atoms with Crippen molar-refractivity contribution in [3.63, 3.8) is 0 Å². The van der Waals surface area contributed by atoms with Crippen LogP contribution < -0.4 is 5.32 Å². The fourth-order valence-electron chi connectivity index (χ4n) is 2.12. The molecule has 1 fully saturated rings. The van der Waals surface area contributed by atoms with E-state index in [1.54, 1.807) is 0 Å². The normalized spacial score (nSPS) is 21.6. The molecule has 1 heterocycles. The third-order valence-corrected chi connectivity index (χ3v) is 3.72. The lowest BCUT2D eigenvalue weighted by Gasteiger charge is -2.26. The Balaban J connectivity index is 2.36. The van der Waals surface area contributed by atoms with Crippen LogP contribution in [-0.4, -0.2) is 11.7 Å². The highest BCUT2D eigenvalue weighted by atomic mass is 79.9. The smallest absolute Gasteiger partial charge is 0.124 e. The van der Waals surface area contributed by atoms with Gasteiger partial charge in [0, 0.05) is 16.1 Å². The van der Waals surface area contributed by atoms with Gasteiger partial charge >= 0.3 is 0 Å². The van der Waals surface area contributed by atoms with E-state index in [1.165, 1.54) is 12.8 Å². The average molecular weight is 270 g/mol. The number of halogens is 1. The first-order valence-electron chi connectivity index (χ1n) is 5.41. The first-order valence-corrected chi connectivity index (χ1v) is 6.21. The maximum absolute atomic E-state index is 10.1. The zero-order valence-electron chi connectivity index (χ0n) is 8.89. The molecule has 1 aliphatic rings. The second-order valence-electron chi connectivity index (χ2n) is 4.13. The third-order valence-electron chi connectivity index (χ3n) is 3.02. The van der Waals surface area contributed by atoms with Gasteiger partial charge in [0.25, 0.3) is 0 Å². The van der Waals surface area contributed by atoms with Crippen LogP contribution in [0.1, 0.15) is 36.4 Å². The van der Waals surface area contributed by atoms with Crippen LogP contribution in [0, 0.1) is 6.92 Å². The van der Waals surface area contributed by atoms with Crippen LogP contribution in [-0.2, 0) is 0 Å². The van der Waals surface area contributed by atoms with E-state index in [0.29, 0.717) is 11.8 Å². The molecule has 82 valence electrons. The Morgan fingerprint density at radius 2 is 2.20 bits per heavy atom. The fourth-order valence-corrected chi connectivity index (χ4v) is 2.72. The Kier molecular flexibility index (Phi) is 3.32. The van der Waals surface area contributed by atoms with Crippen molar-refractivity contribution in [2.75, 3.05) is 6.54 Å². The lowest BCUT2D eigenvalue weighted by atomic mass is 9.95. The van der Waals surface area contributed by atoms with Gasteiger partial charge in [0.2, 0.25) is 0 Å². The number of aromatic hydroxyl groups is 1. The minimum absolute atomic E-state index is 0.299. The van der Waals surface area contributed by atoms with Crippen LogP contribution in [0.4, 0.5) is 0 Å². The van der Waals surface area contributed by atoms with Gasteiger partial charge in [-0.3, -0.25) is 0 Å². The maximum Gasteiger partial charge on any atom is 0.124 e. The number of phenols is 1. The van der Waals surface area contributed by atoms with Gasteiger partial charge in [-0.25, -0.2) is 0 Å². The van der Waals surface area contributed by atoms with E-state index in [4.69, 9.17) is 0 Å². The highest BCUT2D eigenvalue weighted by Gasteiger charge is 2.21. The molecular formula is C12H16BrNO. The van der Waals surface area contributed by atoms with Crippen LogP contribution in [0.2, 0.25) is 0 Å². The summed E-state index contributed by atoms with van der Waals surface area (Å²) in [6.45, 7) is 2.98. The van der Waals surface area contributed by atoms with E-state index >= 15 is 0 Å². The Labute approximate surface area is 98.8 Å². The van der Waals surface area contributed by atoms with Crippen molar-refractivity contribution in [3.05, 3.63) is 27.7 Å². The molecule has 1 aromatic rings. The molecule has 2 rings (SSSR count). The summed E-state index contributed by atoms with van der Waals surface area (Å²) >= 11 is 3.52. The number of hydrogen-bond acceptors (Lipinski definition) is 2. The number of piperidine rings is 1. The molecular weight excluding hydrogens is 254 g/mol. The molecule has 2 N–H and O–H groups in total. The van der Waals surface area contributed by atoms with Gasteiger partial charge in [0.05, 0.1) is 0 Å². The Morgan fingerprint density at radius 3 is 2.87 bits per heavy atom. The molecule has 15 heavy (non-hydrogen) atoms. The Hall–Kier alpha value is -0.540. The lowest BCUT2D eigenvalue weighted by molar-refractivity contribution is 0.388. The number of phenolic OH excluding ortho intramolecular Hbond substituents is 1. The highest BCUT2D eigenvalue weighted by molar-refractivity contribution is 9.10. The maximum atomic E-state index is 10.1. The van der Waals surface area contributed by atoms with Gasteiger partial charge in [-0.2, -0.15) is 0 Å². The summed E-state index contributed by atoms with van der Waals surface area (Å²) < 4.78 is 1.00. The van der Waals surface area contributed by atoms with Crippen molar-refractivity contribution in [1.29, 1.82) is 0 Å². The molecule has 3 heteroatoms. The van der Waals surface area contributed by atoms with Gasteiger partial charge in [0.15, 0.2) is 0 Å². The van der Waals surface area contributed by atoms with Crippen molar-refractivity contribution < 1.29 is 5.11 Å². The van der Waals surface area contributed by atoms with Crippen molar-refractivity contribution in [2.24, 2.45) is 0 Å². The van der Waals surface area contributed by atoms with Crippen molar-refractivity contribution in [2.45, 2.75) is 32.2 Å². The number of nitrogens with one attached hydrogen (secondary N) is 1. The Morgan fingerprint density at radius 1 is 1.40 bits per heavy atom. The molecule has 0 spiro atoms. The van der Waals surface area contributed by atoms with E-state index in [1.807, 2.05) is 19.1 Å². The molecule has 0 aliphatic carbocycles. The number of hydrogen-bond donors (Lipinski definition) is 2. The number of benzene rings is 1. The summed E-state index contributed by atoms with van der Waals surface area (Å²) in [5, 5.41) is 13.5. The van der Waals surface area contributed by atoms with Crippen molar-refractivity contribution in [1.82, 2.24) is 5.32 Å². The van der Waals surface area contributed by atoms with Crippen LogP contribution in [0.3, 0.4) is 0 Å². The van der Waals surface area contributed by atoms with E-state index in [9.17, 15) is 5.11 Å². The summed E-state index contributed by atoms with van der Waals surface area (Å²) in [6, 6.07) is 4.25. The van der Waals surface area contributed by atoms with Crippen molar-refractivity contribution in [3.8, 4) is 5.75 Å². The monoisotopic (exact) mass is 269 g/mol. The van der Waals surface area contributed by atoms with Gasteiger partial charge in [0.1, 0.15) is 5.75 Å². The van der Waals surface area contributed by atoms with Gasteiger partial charge < -0.3 is 10.4 Å². The summed E-state index contributed by atoms with van der Waals surface area (Å²) in [5.41, 5.74) is 1.97. The van der Waals surface area contributed by atoms with Crippen molar-refractivity contribution >= 4 is 15.9 Å². The van der Waals surface area contributed by atoms with Crippen LogP contribution in [0.15, 0.2) is 16.6 Å². The van der Waals surface area contributed by atoms with E-state index in [0.717, 1.165) is 28.6 Å². The summed E-state index contributed by atoms with van der Waals surface area (Å²) in [7, 11) is 0. The van der Waals surface area contributed by atoms with E-state index in [2.05, 4.69) is 21.2 Å². The molecule has 1 aliphatic heterocycles. The van der Waals surface area contributed by atoms with Gasteiger partial charge in [-0.05, 0) is 37.9 Å². The molecule has 0 amide bonds. The summed E-state index contributed by atoms with van der Waals surface area (Å²) in [4.78, 5) is 0. The SMILES string of the molecule is Cc1ccc(Br)c([C@@H]2CCCCN2)c1O. The molecule has 0 unspecified atom stereocenters. The number of aryl methyl sites for hydroxylation is 1. The van der Waals surface area contributed by atoms with Gasteiger partial charge in [-0.15, -0.1) is 0 Å². The molecule has 2 nitrogen and oxygen atoms in total. The largest absolute Gasteiger partial charge is 0.507 e. The molecule has 0 radical (unpaired) electrons. The standard InChI is InChI=1S/C12H16BrNO/c1-8-5-6-9(13)11(12(8)15)10-4-2-3-7-14-10/h5-6,10,14-15H,2-4,7H2,1H3/t10-/m0/s1. The predicted molar refractivity (Wildman–Crippen MR) is 65.1 cm³/mol. The minimum atomic E-state index is 0.299. The first kappa shape index (κ1) is 11.0. The van der Waals surface area contributed by atoms with Gasteiger partial charge in [-0.1, -0.05) is 28.4 Å². The third kappa shape index (κ3) is 2.18. The predicted octanol–water partition coefficient (Wildman–Crippen LogP) is 3.28. The van der Waals surface area contributed by atoms with E-state index < -0.39 is 0 Å². The topological polar surface area (TPSA) is 32.3 Å². The zero-order chi connectivity index (χ0) is 10.8. The number of rotatable bonds is 1. The highest BCUT2D eigenvalue weighted by Crippen LogP contribution is 2.37. The average Bonchev–Trinajstić information content (AvgIpc) is 2.26. The second kappa shape index (κ2) is 4.54.